The molecule has 0 saturated heterocycles. The largest absolute Gasteiger partial charge is 0.249 e. The molecule has 0 unspecified atom stereocenters. The van der Waals surface area contributed by atoms with Crippen molar-refractivity contribution in [2.75, 3.05) is 6.67 Å². The van der Waals surface area contributed by atoms with Crippen molar-refractivity contribution in [2.24, 2.45) is 0 Å². The smallest absolute Gasteiger partial charge is 0.109 e. The monoisotopic (exact) mass is 143 g/mol. The zero-order valence-corrected chi connectivity index (χ0v) is 6.13. The SMILES string of the molecule is Cc1nnn(CCF)c1C. The zero-order valence-electron chi connectivity index (χ0n) is 6.13. The van der Waals surface area contributed by atoms with E-state index in [0.29, 0.717) is 6.54 Å². The molecule has 0 atom stereocenters. The molecule has 1 rings (SSSR count). The zero-order chi connectivity index (χ0) is 7.56. The molecule has 56 valence electrons. The van der Waals surface area contributed by atoms with E-state index in [1.807, 2.05) is 13.8 Å². The van der Waals surface area contributed by atoms with Crippen LogP contribution in [0.5, 0.6) is 0 Å². The minimum atomic E-state index is -0.385. The third kappa shape index (κ3) is 1.15. The molecular formula is C6H10FN3. The molecule has 1 aromatic heterocycles. The summed E-state index contributed by atoms with van der Waals surface area (Å²) in [5, 5.41) is 7.51. The Balaban J connectivity index is 2.83. The first-order valence-corrected chi connectivity index (χ1v) is 3.18. The van der Waals surface area contributed by atoms with E-state index in [9.17, 15) is 4.39 Å². The minimum Gasteiger partial charge on any atom is -0.249 e. The molecule has 0 bridgehead atoms. The van der Waals surface area contributed by atoms with Crippen LogP contribution in [0.2, 0.25) is 0 Å². The molecule has 3 nitrogen and oxygen atoms in total. The maximum Gasteiger partial charge on any atom is 0.109 e. The highest BCUT2D eigenvalue weighted by Crippen LogP contribution is 1.99. The first kappa shape index (κ1) is 7.18. The Morgan fingerprint density at radius 3 is 2.60 bits per heavy atom. The Bertz CT molecular complexity index is 219. The van der Waals surface area contributed by atoms with Crippen LogP contribution >= 0.6 is 0 Å². The van der Waals surface area contributed by atoms with E-state index in [4.69, 9.17) is 0 Å². The number of nitrogens with zero attached hydrogens (tertiary/aromatic N) is 3. The number of halogens is 1. The third-order valence-corrected chi connectivity index (χ3v) is 1.51. The van der Waals surface area contributed by atoms with Gasteiger partial charge in [-0.2, -0.15) is 0 Å². The fraction of sp³-hybridized carbons (Fsp3) is 0.667. The average Bonchev–Trinajstić information content (AvgIpc) is 2.20. The summed E-state index contributed by atoms with van der Waals surface area (Å²) in [7, 11) is 0. The molecule has 0 amide bonds. The van der Waals surface area contributed by atoms with Crippen LogP contribution in [-0.4, -0.2) is 21.7 Å². The molecule has 4 heteroatoms. The maximum atomic E-state index is 11.8. The Hall–Kier alpha value is -0.930. The molecule has 0 spiro atoms. The molecule has 0 aliphatic heterocycles. The van der Waals surface area contributed by atoms with Crippen molar-refractivity contribution in [3.63, 3.8) is 0 Å². The molecule has 0 fully saturated rings. The quantitative estimate of drug-likeness (QED) is 0.614. The average molecular weight is 143 g/mol. The molecule has 0 aromatic carbocycles. The second kappa shape index (κ2) is 2.77. The van der Waals surface area contributed by atoms with Gasteiger partial charge in [0.25, 0.3) is 0 Å². The lowest BCUT2D eigenvalue weighted by Gasteiger charge is -1.96. The molecule has 0 radical (unpaired) electrons. The highest BCUT2D eigenvalue weighted by atomic mass is 19.1. The van der Waals surface area contributed by atoms with E-state index in [2.05, 4.69) is 10.3 Å². The number of rotatable bonds is 2. The standard InChI is InChI=1S/C6H10FN3/c1-5-6(2)10(4-3-7)9-8-5/h3-4H2,1-2H3. The first-order chi connectivity index (χ1) is 4.75. The second-order valence-electron chi connectivity index (χ2n) is 2.17. The van der Waals surface area contributed by atoms with E-state index in [1.165, 1.54) is 0 Å². The summed E-state index contributed by atoms with van der Waals surface area (Å²) in [6.07, 6.45) is 0. The van der Waals surface area contributed by atoms with E-state index < -0.39 is 0 Å². The number of hydrogen-bond acceptors (Lipinski definition) is 2. The van der Waals surface area contributed by atoms with Gasteiger partial charge >= 0.3 is 0 Å². The highest BCUT2D eigenvalue weighted by molar-refractivity contribution is 5.04. The van der Waals surface area contributed by atoms with Crippen LogP contribution in [0.1, 0.15) is 11.4 Å². The van der Waals surface area contributed by atoms with Crippen molar-refractivity contribution in [3.8, 4) is 0 Å². The molecule has 0 saturated carbocycles. The van der Waals surface area contributed by atoms with E-state index in [1.54, 1.807) is 4.68 Å². The van der Waals surface area contributed by atoms with Gasteiger partial charge in [0.05, 0.1) is 17.9 Å². The van der Waals surface area contributed by atoms with E-state index in [-0.39, 0.29) is 6.67 Å². The van der Waals surface area contributed by atoms with Crippen molar-refractivity contribution in [1.29, 1.82) is 0 Å². The highest BCUT2D eigenvalue weighted by Gasteiger charge is 2.01. The van der Waals surface area contributed by atoms with Crippen LogP contribution in [0, 0.1) is 13.8 Å². The summed E-state index contributed by atoms with van der Waals surface area (Å²) in [5.41, 5.74) is 1.81. The molecule has 1 aromatic rings. The van der Waals surface area contributed by atoms with Crippen LogP contribution < -0.4 is 0 Å². The van der Waals surface area contributed by atoms with Crippen molar-refractivity contribution in [3.05, 3.63) is 11.4 Å². The van der Waals surface area contributed by atoms with Gasteiger partial charge in [-0.25, -0.2) is 9.07 Å². The van der Waals surface area contributed by atoms with Crippen LogP contribution in [0.25, 0.3) is 0 Å². The lowest BCUT2D eigenvalue weighted by Crippen LogP contribution is -2.03. The second-order valence-corrected chi connectivity index (χ2v) is 2.17. The topological polar surface area (TPSA) is 30.7 Å². The predicted octanol–water partition coefficient (Wildman–Crippen LogP) is 0.864. The fourth-order valence-electron chi connectivity index (χ4n) is 0.740. The van der Waals surface area contributed by atoms with Crippen molar-refractivity contribution in [2.45, 2.75) is 20.4 Å². The number of hydrogen-bond donors (Lipinski definition) is 0. The Morgan fingerprint density at radius 1 is 1.50 bits per heavy atom. The maximum absolute atomic E-state index is 11.8. The summed E-state index contributed by atoms with van der Waals surface area (Å²) in [6, 6.07) is 0. The van der Waals surface area contributed by atoms with Crippen molar-refractivity contribution >= 4 is 0 Å². The number of aryl methyl sites for hydroxylation is 2. The van der Waals surface area contributed by atoms with Crippen LogP contribution in [0.3, 0.4) is 0 Å². The summed E-state index contributed by atoms with van der Waals surface area (Å²) >= 11 is 0. The van der Waals surface area contributed by atoms with Gasteiger partial charge in [0, 0.05) is 0 Å². The summed E-state index contributed by atoms with van der Waals surface area (Å²) in [5.74, 6) is 0. The molecule has 1 heterocycles. The fourth-order valence-corrected chi connectivity index (χ4v) is 0.740. The van der Waals surface area contributed by atoms with Gasteiger partial charge in [-0.05, 0) is 13.8 Å². The minimum absolute atomic E-state index is 0.312. The van der Waals surface area contributed by atoms with Gasteiger partial charge in [0.2, 0.25) is 0 Å². The van der Waals surface area contributed by atoms with Crippen molar-refractivity contribution < 1.29 is 4.39 Å². The van der Waals surface area contributed by atoms with Crippen LogP contribution in [0.15, 0.2) is 0 Å². The molecule has 0 N–H and O–H groups in total. The first-order valence-electron chi connectivity index (χ1n) is 3.18. The van der Waals surface area contributed by atoms with Crippen LogP contribution in [0.4, 0.5) is 4.39 Å². The molecule has 0 aliphatic rings. The van der Waals surface area contributed by atoms with Gasteiger partial charge < -0.3 is 0 Å². The lowest BCUT2D eigenvalue weighted by molar-refractivity contribution is 0.418. The van der Waals surface area contributed by atoms with Crippen LogP contribution in [-0.2, 0) is 6.54 Å². The van der Waals surface area contributed by atoms with Gasteiger partial charge in [-0.15, -0.1) is 5.10 Å². The summed E-state index contributed by atoms with van der Waals surface area (Å²) in [4.78, 5) is 0. The number of aromatic nitrogens is 3. The van der Waals surface area contributed by atoms with E-state index in [0.717, 1.165) is 11.4 Å². The van der Waals surface area contributed by atoms with E-state index >= 15 is 0 Å². The van der Waals surface area contributed by atoms with Gasteiger partial charge in [-0.1, -0.05) is 5.21 Å². The Morgan fingerprint density at radius 2 is 2.20 bits per heavy atom. The molecule has 10 heavy (non-hydrogen) atoms. The predicted molar refractivity (Wildman–Crippen MR) is 35.5 cm³/mol. The Kier molecular flexibility index (Phi) is 1.99. The van der Waals surface area contributed by atoms with Gasteiger partial charge in [0.1, 0.15) is 6.67 Å². The van der Waals surface area contributed by atoms with Gasteiger partial charge in [-0.3, -0.25) is 0 Å². The molecule has 0 aliphatic carbocycles. The Labute approximate surface area is 58.9 Å². The lowest BCUT2D eigenvalue weighted by atomic mass is 10.4. The third-order valence-electron chi connectivity index (χ3n) is 1.51. The molecular weight excluding hydrogens is 133 g/mol. The summed E-state index contributed by atoms with van der Waals surface area (Å²) in [6.45, 7) is 3.67. The normalized spacial score (nSPS) is 10.3. The van der Waals surface area contributed by atoms with Crippen molar-refractivity contribution in [1.82, 2.24) is 15.0 Å². The number of alkyl halides is 1. The summed E-state index contributed by atoms with van der Waals surface area (Å²) < 4.78 is 13.3. The van der Waals surface area contributed by atoms with Gasteiger partial charge in [0.15, 0.2) is 0 Å².